The van der Waals surface area contributed by atoms with Crippen LogP contribution in [0.1, 0.15) is 54.0 Å². The number of hydrogen-bond donors (Lipinski definition) is 1. The number of benzene rings is 1. The van der Waals surface area contributed by atoms with Crippen molar-refractivity contribution in [1.82, 2.24) is 5.32 Å². The first kappa shape index (κ1) is 21.2. The lowest BCUT2D eigenvalue weighted by Crippen LogP contribution is -2.28. The Kier molecular flexibility index (Phi) is 7.17. The molecule has 0 atom stereocenters. The molecule has 0 aliphatic carbocycles. The number of likely N-dealkylation sites (N-methyl/N-ethyl adjacent to an activating group) is 1. The van der Waals surface area contributed by atoms with Gasteiger partial charge in [-0.25, -0.2) is 0 Å². The average molecular weight is 349 g/mol. The van der Waals surface area contributed by atoms with Crippen molar-refractivity contribution in [2.24, 2.45) is 10.8 Å². The Morgan fingerprint density at radius 3 is 1.92 bits per heavy atom. The van der Waals surface area contributed by atoms with E-state index in [0.29, 0.717) is 0 Å². The van der Waals surface area contributed by atoms with E-state index in [1.54, 1.807) is 53.7 Å². The van der Waals surface area contributed by atoms with Gasteiger partial charge in [-0.1, -0.05) is 13.0 Å². The molecule has 1 N–H and O–H groups in total. The number of nitrogens with one attached hydrogen (secondary N) is 1. The van der Waals surface area contributed by atoms with E-state index in [1.165, 1.54) is 0 Å². The Bertz CT molecular complexity index is 609. The predicted molar refractivity (Wildman–Crippen MR) is 98.9 cm³/mol. The second-order valence-electron chi connectivity index (χ2n) is 8.16. The molecule has 1 aromatic carbocycles. The molecule has 25 heavy (non-hydrogen) atoms. The fourth-order valence-corrected chi connectivity index (χ4v) is 1.79. The molecule has 0 unspecified atom stereocenters. The summed E-state index contributed by atoms with van der Waals surface area (Å²) in [4.78, 5) is 24.5. The van der Waals surface area contributed by atoms with Crippen LogP contribution in [0.3, 0.4) is 0 Å². The van der Waals surface area contributed by atoms with Crippen LogP contribution in [0.15, 0.2) is 18.2 Å². The zero-order valence-electron chi connectivity index (χ0n) is 16.5. The molecule has 0 aliphatic heterocycles. The highest BCUT2D eigenvalue weighted by atomic mass is 16.6. The third kappa shape index (κ3) is 6.86. The lowest BCUT2D eigenvalue weighted by atomic mass is 9.97. The van der Waals surface area contributed by atoms with Crippen molar-refractivity contribution in [3.05, 3.63) is 23.8 Å². The molecule has 0 spiro atoms. The molecule has 0 aromatic heterocycles. The van der Waals surface area contributed by atoms with Crippen LogP contribution in [0.2, 0.25) is 0 Å². The highest BCUT2D eigenvalue weighted by Gasteiger charge is 2.28. The van der Waals surface area contributed by atoms with Gasteiger partial charge in [0.25, 0.3) is 0 Å². The van der Waals surface area contributed by atoms with Crippen LogP contribution in [0.25, 0.3) is 0 Å². The fraction of sp³-hybridized carbons (Fsp3) is 0.600. The van der Waals surface area contributed by atoms with Crippen molar-refractivity contribution in [3.8, 4) is 11.5 Å². The summed E-state index contributed by atoms with van der Waals surface area (Å²) < 4.78 is 11.0. The van der Waals surface area contributed by atoms with Gasteiger partial charge in [-0.2, -0.15) is 0 Å². The number of carbonyl (C=O) groups is 2. The van der Waals surface area contributed by atoms with Crippen LogP contribution in [-0.2, 0) is 16.0 Å². The van der Waals surface area contributed by atoms with E-state index in [1.807, 2.05) is 13.0 Å². The molecule has 0 bridgehead atoms. The summed E-state index contributed by atoms with van der Waals surface area (Å²) in [5.41, 5.74) is -0.284. The smallest absolute Gasteiger partial charge is 0.316 e. The van der Waals surface area contributed by atoms with Gasteiger partial charge in [0.15, 0.2) is 11.5 Å². The van der Waals surface area contributed by atoms with Crippen molar-refractivity contribution in [2.45, 2.75) is 54.9 Å². The summed E-state index contributed by atoms with van der Waals surface area (Å²) in [6.07, 6.45) is 0.793. The zero-order valence-corrected chi connectivity index (χ0v) is 16.5. The number of esters is 2. The normalized spacial score (nSPS) is 12.0. The molecular weight excluding hydrogens is 318 g/mol. The van der Waals surface area contributed by atoms with Gasteiger partial charge in [-0.15, -0.1) is 0 Å². The highest BCUT2D eigenvalue weighted by Crippen LogP contribution is 2.32. The number of hydrogen-bond acceptors (Lipinski definition) is 5. The van der Waals surface area contributed by atoms with Crippen molar-refractivity contribution in [2.75, 3.05) is 13.1 Å². The summed E-state index contributed by atoms with van der Waals surface area (Å²) in [5.74, 6) is -0.193. The van der Waals surface area contributed by atoms with Crippen LogP contribution in [-0.4, -0.2) is 25.0 Å². The maximum absolute atomic E-state index is 12.3. The monoisotopic (exact) mass is 349 g/mol. The minimum Gasteiger partial charge on any atom is -0.422 e. The Morgan fingerprint density at radius 2 is 1.44 bits per heavy atom. The summed E-state index contributed by atoms with van der Waals surface area (Å²) in [7, 11) is 0. The van der Waals surface area contributed by atoms with Gasteiger partial charge >= 0.3 is 11.9 Å². The molecule has 1 aromatic rings. The quantitative estimate of drug-likeness (QED) is 0.481. The molecule has 1 rings (SSSR count). The second kappa shape index (κ2) is 8.48. The molecule has 0 amide bonds. The lowest BCUT2D eigenvalue weighted by molar-refractivity contribution is -0.145. The third-order valence-corrected chi connectivity index (χ3v) is 3.48. The molecule has 0 saturated heterocycles. The van der Waals surface area contributed by atoms with E-state index in [9.17, 15) is 9.59 Å². The largest absolute Gasteiger partial charge is 0.422 e. The van der Waals surface area contributed by atoms with Gasteiger partial charge in [0.2, 0.25) is 0 Å². The summed E-state index contributed by atoms with van der Waals surface area (Å²) >= 11 is 0. The second-order valence-corrected chi connectivity index (χ2v) is 8.16. The predicted octanol–water partition coefficient (Wildman–Crippen LogP) is 3.74. The average Bonchev–Trinajstić information content (AvgIpc) is 2.47. The van der Waals surface area contributed by atoms with Gasteiger partial charge in [-0.3, -0.25) is 9.59 Å². The maximum atomic E-state index is 12.3. The van der Waals surface area contributed by atoms with Gasteiger partial charge in [-0.05, 0) is 78.7 Å². The van der Waals surface area contributed by atoms with E-state index in [0.717, 1.165) is 25.1 Å². The van der Waals surface area contributed by atoms with E-state index < -0.39 is 10.8 Å². The molecular formula is C20H31NO4. The zero-order chi connectivity index (χ0) is 19.3. The molecule has 0 radical (unpaired) electrons. The van der Waals surface area contributed by atoms with Crippen molar-refractivity contribution in [3.63, 3.8) is 0 Å². The van der Waals surface area contributed by atoms with Gasteiger partial charge < -0.3 is 14.8 Å². The maximum Gasteiger partial charge on any atom is 0.316 e. The Labute approximate surface area is 151 Å². The summed E-state index contributed by atoms with van der Waals surface area (Å²) in [5, 5.41) is 3.25. The third-order valence-electron chi connectivity index (χ3n) is 3.48. The van der Waals surface area contributed by atoms with Crippen LogP contribution < -0.4 is 14.8 Å². The highest BCUT2D eigenvalue weighted by molar-refractivity contribution is 5.81. The van der Waals surface area contributed by atoms with Gasteiger partial charge in [0.05, 0.1) is 10.8 Å². The molecule has 5 nitrogen and oxygen atoms in total. The minimum atomic E-state index is -0.648. The van der Waals surface area contributed by atoms with Crippen molar-refractivity contribution in [1.29, 1.82) is 0 Å². The first-order valence-corrected chi connectivity index (χ1v) is 8.73. The molecule has 140 valence electrons. The first-order chi connectivity index (χ1) is 11.4. The number of rotatable bonds is 6. The van der Waals surface area contributed by atoms with E-state index in [-0.39, 0.29) is 23.4 Å². The molecule has 0 fully saturated rings. The van der Waals surface area contributed by atoms with Crippen LogP contribution >= 0.6 is 0 Å². The van der Waals surface area contributed by atoms with Crippen molar-refractivity contribution >= 4 is 11.9 Å². The molecule has 0 saturated carbocycles. The van der Waals surface area contributed by atoms with E-state index in [2.05, 4.69) is 5.32 Å². The molecule has 0 heterocycles. The van der Waals surface area contributed by atoms with Gasteiger partial charge in [0.1, 0.15) is 0 Å². The van der Waals surface area contributed by atoms with E-state index in [4.69, 9.17) is 9.47 Å². The molecule has 0 aliphatic rings. The minimum absolute atomic E-state index is 0.268. The first-order valence-electron chi connectivity index (χ1n) is 8.73. The van der Waals surface area contributed by atoms with Crippen LogP contribution in [0.5, 0.6) is 11.5 Å². The van der Waals surface area contributed by atoms with Crippen molar-refractivity contribution < 1.29 is 19.1 Å². The standard InChI is InChI=1S/C20H31NO4/c1-8-21-12-11-14-9-10-15(24-17(22)19(2,3)4)16(13-14)25-18(23)20(5,6)7/h9-10,13,21H,8,11-12H2,1-7H3. The Morgan fingerprint density at radius 1 is 0.920 bits per heavy atom. The number of ether oxygens (including phenoxy) is 2. The SMILES string of the molecule is CCNCCc1ccc(OC(=O)C(C)(C)C)c(OC(=O)C(C)(C)C)c1. The van der Waals surface area contributed by atoms with Crippen LogP contribution in [0.4, 0.5) is 0 Å². The summed E-state index contributed by atoms with van der Waals surface area (Å²) in [6, 6.07) is 5.35. The Hall–Kier alpha value is -1.88. The van der Waals surface area contributed by atoms with Crippen LogP contribution in [0, 0.1) is 10.8 Å². The Balaban J connectivity index is 3.08. The van der Waals surface area contributed by atoms with Gasteiger partial charge in [0, 0.05) is 0 Å². The fourth-order valence-electron chi connectivity index (χ4n) is 1.79. The topological polar surface area (TPSA) is 64.6 Å². The number of carbonyl (C=O) groups excluding carboxylic acids is 2. The lowest BCUT2D eigenvalue weighted by Gasteiger charge is -2.20. The van der Waals surface area contributed by atoms with E-state index >= 15 is 0 Å². The molecule has 5 heteroatoms. The summed E-state index contributed by atoms with van der Waals surface area (Å²) in [6.45, 7) is 14.5.